The van der Waals surface area contributed by atoms with Crippen LogP contribution in [-0.2, 0) is 4.74 Å². The molecule has 4 N–H and O–H groups in total. The maximum Gasteiger partial charge on any atom is 0.404 e. The van der Waals surface area contributed by atoms with Crippen molar-refractivity contribution in [3.8, 4) is 0 Å². The molecule has 0 aliphatic heterocycles. The highest BCUT2D eigenvalue weighted by molar-refractivity contribution is 6.30. The van der Waals surface area contributed by atoms with Crippen molar-refractivity contribution in [3.05, 3.63) is 34.9 Å². The van der Waals surface area contributed by atoms with Crippen LogP contribution in [0.4, 0.5) is 9.59 Å². The first-order chi connectivity index (χ1) is 16.8. The van der Waals surface area contributed by atoms with E-state index in [1.807, 2.05) is 44.0 Å². The summed E-state index contributed by atoms with van der Waals surface area (Å²) >= 11 is 6.20. The average Bonchev–Trinajstić information content (AvgIpc) is 2.81. The Hall–Kier alpha value is -2.03. The molecular formula is C26H43ClN4O4. The van der Waals surface area contributed by atoms with Gasteiger partial charge in [0.25, 0.3) is 0 Å². The SMILES string of the molecule is CNCC(CC1CCCCC1)NC(=O)N(CCC(OCCNC(=O)O)c1cccc(Cl)c1)C(C)C. The molecule has 9 heteroatoms. The molecule has 1 saturated carbocycles. The quantitative estimate of drug-likeness (QED) is 0.263. The first-order valence-electron chi connectivity index (χ1n) is 12.9. The van der Waals surface area contributed by atoms with Gasteiger partial charge in [-0.2, -0.15) is 0 Å². The topological polar surface area (TPSA) is 103 Å². The lowest BCUT2D eigenvalue weighted by Gasteiger charge is -2.32. The Morgan fingerprint density at radius 2 is 1.97 bits per heavy atom. The third-order valence-electron chi connectivity index (χ3n) is 6.55. The van der Waals surface area contributed by atoms with Gasteiger partial charge in [0.1, 0.15) is 0 Å². The second kappa shape index (κ2) is 15.9. The first kappa shape index (κ1) is 29.2. The van der Waals surface area contributed by atoms with Crippen molar-refractivity contribution in [2.75, 3.05) is 33.3 Å². The molecule has 0 saturated heterocycles. The molecule has 1 fully saturated rings. The number of carbonyl (C=O) groups excluding carboxylic acids is 1. The Kier molecular flexibility index (Phi) is 13.2. The van der Waals surface area contributed by atoms with Gasteiger partial charge in [0, 0.05) is 36.7 Å². The summed E-state index contributed by atoms with van der Waals surface area (Å²) in [5.74, 6) is 0.676. The van der Waals surface area contributed by atoms with Crippen LogP contribution in [0.1, 0.15) is 70.5 Å². The van der Waals surface area contributed by atoms with Crippen LogP contribution >= 0.6 is 11.6 Å². The van der Waals surface area contributed by atoms with Gasteiger partial charge >= 0.3 is 12.1 Å². The van der Waals surface area contributed by atoms with Crippen molar-refractivity contribution in [1.82, 2.24) is 20.9 Å². The van der Waals surface area contributed by atoms with Gasteiger partial charge < -0.3 is 30.7 Å². The number of carbonyl (C=O) groups is 2. The van der Waals surface area contributed by atoms with Crippen LogP contribution in [-0.4, -0.2) is 67.5 Å². The van der Waals surface area contributed by atoms with E-state index in [1.54, 1.807) is 6.07 Å². The van der Waals surface area contributed by atoms with Crippen molar-refractivity contribution < 1.29 is 19.4 Å². The molecule has 2 unspecified atom stereocenters. The number of carboxylic acid groups (broad SMARTS) is 1. The highest BCUT2D eigenvalue weighted by Crippen LogP contribution is 2.28. The van der Waals surface area contributed by atoms with Gasteiger partial charge in [-0.25, -0.2) is 9.59 Å². The molecule has 1 aliphatic rings. The molecule has 0 heterocycles. The van der Waals surface area contributed by atoms with Crippen LogP contribution in [0.3, 0.4) is 0 Å². The standard InChI is InChI=1S/C26H43ClN4O4/c1-19(2)31(25(32)30-23(18-28-3)16-20-8-5-4-6-9-20)14-12-24(35-15-13-29-26(33)34)21-10-7-11-22(27)17-21/h7,10-11,17,19-20,23-24,28-29H,4-6,8-9,12-16,18H2,1-3H3,(H,30,32)(H,33,34). The van der Waals surface area contributed by atoms with Crippen LogP contribution in [0.2, 0.25) is 5.02 Å². The smallest absolute Gasteiger partial charge is 0.404 e. The van der Waals surface area contributed by atoms with Crippen LogP contribution in [0.5, 0.6) is 0 Å². The van der Waals surface area contributed by atoms with E-state index < -0.39 is 6.09 Å². The molecule has 1 aliphatic carbocycles. The lowest BCUT2D eigenvalue weighted by atomic mass is 9.85. The highest BCUT2D eigenvalue weighted by Gasteiger charge is 2.25. The number of ether oxygens (including phenoxy) is 1. The molecule has 198 valence electrons. The van der Waals surface area contributed by atoms with Gasteiger partial charge in [-0.05, 0) is 57.4 Å². The van der Waals surface area contributed by atoms with Crippen molar-refractivity contribution in [2.45, 2.75) is 77.0 Å². The molecule has 3 amide bonds. The minimum Gasteiger partial charge on any atom is -0.465 e. The summed E-state index contributed by atoms with van der Waals surface area (Å²) in [7, 11) is 1.92. The predicted molar refractivity (Wildman–Crippen MR) is 140 cm³/mol. The predicted octanol–water partition coefficient (Wildman–Crippen LogP) is 5.03. The number of halogens is 1. The maximum absolute atomic E-state index is 13.3. The molecule has 0 spiro atoms. The second-order valence-electron chi connectivity index (χ2n) is 9.67. The lowest BCUT2D eigenvalue weighted by molar-refractivity contribution is 0.0412. The van der Waals surface area contributed by atoms with E-state index in [2.05, 4.69) is 16.0 Å². The normalized spacial score (nSPS) is 16.0. The van der Waals surface area contributed by atoms with Crippen LogP contribution in [0.15, 0.2) is 24.3 Å². The van der Waals surface area contributed by atoms with E-state index in [4.69, 9.17) is 21.4 Å². The minimum absolute atomic E-state index is 0.0219. The summed E-state index contributed by atoms with van der Waals surface area (Å²) in [5, 5.41) is 18.2. The van der Waals surface area contributed by atoms with E-state index in [9.17, 15) is 9.59 Å². The number of hydrogen-bond donors (Lipinski definition) is 4. The van der Waals surface area contributed by atoms with Crippen LogP contribution in [0.25, 0.3) is 0 Å². The molecule has 35 heavy (non-hydrogen) atoms. The fraction of sp³-hybridized carbons (Fsp3) is 0.692. The maximum atomic E-state index is 13.3. The Morgan fingerprint density at radius 3 is 2.60 bits per heavy atom. The van der Waals surface area contributed by atoms with E-state index >= 15 is 0 Å². The minimum atomic E-state index is -1.08. The Morgan fingerprint density at radius 1 is 1.23 bits per heavy atom. The first-order valence-corrected chi connectivity index (χ1v) is 13.2. The Balaban J connectivity index is 2.01. The summed E-state index contributed by atoms with van der Waals surface area (Å²) in [6.45, 7) is 5.69. The molecule has 8 nitrogen and oxygen atoms in total. The fourth-order valence-corrected chi connectivity index (χ4v) is 4.98. The molecule has 0 radical (unpaired) electrons. The molecule has 2 rings (SSSR count). The molecule has 2 atom stereocenters. The van der Waals surface area contributed by atoms with Crippen LogP contribution in [0, 0.1) is 5.92 Å². The summed E-state index contributed by atoms with van der Waals surface area (Å²) < 4.78 is 6.01. The summed E-state index contributed by atoms with van der Waals surface area (Å²) in [5.41, 5.74) is 0.905. The number of amides is 3. The number of hydrogen-bond acceptors (Lipinski definition) is 4. The average molecular weight is 511 g/mol. The monoisotopic (exact) mass is 510 g/mol. The van der Waals surface area contributed by atoms with Crippen LogP contribution < -0.4 is 16.0 Å². The Labute approximate surface area is 215 Å². The largest absolute Gasteiger partial charge is 0.465 e. The van der Waals surface area contributed by atoms with Gasteiger partial charge in [0.05, 0.1) is 12.7 Å². The zero-order valence-electron chi connectivity index (χ0n) is 21.4. The number of nitrogens with zero attached hydrogens (tertiary/aromatic N) is 1. The Bertz CT molecular complexity index is 773. The van der Waals surface area contributed by atoms with Crippen molar-refractivity contribution >= 4 is 23.7 Å². The molecular weight excluding hydrogens is 468 g/mol. The third kappa shape index (κ3) is 11.1. The lowest BCUT2D eigenvalue weighted by Crippen LogP contribution is -2.51. The highest BCUT2D eigenvalue weighted by atomic mass is 35.5. The number of benzene rings is 1. The van der Waals surface area contributed by atoms with Crippen molar-refractivity contribution in [2.24, 2.45) is 5.92 Å². The van der Waals surface area contributed by atoms with Gasteiger partial charge in [0.2, 0.25) is 0 Å². The van der Waals surface area contributed by atoms with Gasteiger partial charge in [0.15, 0.2) is 0 Å². The summed E-state index contributed by atoms with van der Waals surface area (Å²) in [4.78, 5) is 25.9. The number of urea groups is 1. The van der Waals surface area contributed by atoms with E-state index in [1.165, 1.54) is 32.1 Å². The van der Waals surface area contributed by atoms with Gasteiger partial charge in [-0.15, -0.1) is 0 Å². The number of nitrogens with one attached hydrogen (secondary N) is 3. The van der Waals surface area contributed by atoms with E-state index in [0.29, 0.717) is 23.9 Å². The summed E-state index contributed by atoms with van der Waals surface area (Å²) in [6, 6.07) is 7.51. The zero-order chi connectivity index (χ0) is 25.6. The fourth-order valence-electron chi connectivity index (χ4n) is 4.79. The van der Waals surface area contributed by atoms with Crippen molar-refractivity contribution in [3.63, 3.8) is 0 Å². The molecule has 0 aromatic heterocycles. The molecule has 1 aromatic rings. The number of rotatable bonds is 14. The third-order valence-corrected chi connectivity index (χ3v) is 6.79. The van der Waals surface area contributed by atoms with Gasteiger partial charge in [-0.3, -0.25) is 0 Å². The molecule has 0 bridgehead atoms. The second-order valence-corrected chi connectivity index (χ2v) is 10.1. The molecule has 1 aromatic carbocycles. The van der Waals surface area contributed by atoms with Crippen molar-refractivity contribution in [1.29, 1.82) is 0 Å². The zero-order valence-corrected chi connectivity index (χ0v) is 22.2. The van der Waals surface area contributed by atoms with Gasteiger partial charge in [-0.1, -0.05) is 55.8 Å². The summed E-state index contributed by atoms with van der Waals surface area (Å²) in [6.07, 6.45) is 6.57. The van der Waals surface area contributed by atoms with E-state index in [-0.39, 0.29) is 37.4 Å². The van der Waals surface area contributed by atoms with E-state index in [0.717, 1.165) is 18.5 Å². The number of likely N-dealkylation sites (N-methyl/N-ethyl adjacent to an activating group) is 1.